The van der Waals surface area contributed by atoms with E-state index in [1.54, 1.807) is 0 Å². The van der Waals surface area contributed by atoms with Crippen LogP contribution in [0.2, 0.25) is 0 Å². The standard InChI is InChI=1S/C32H24S2/c1-3-7-21(8-4-1)11-13-23-19-33-31-25(23)15-17-27-29(31)28-18-16-26-24(20-34-32(26)30(27)28)14-12-22-9-5-2-6-10-22/h1-10,15-20H,11-14H2. The molecule has 0 nitrogen and oxygen atoms in total. The molecule has 0 radical (unpaired) electrons. The van der Waals surface area contributed by atoms with Crippen molar-refractivity contribution >= 4 is 42.8 Å². The van der Waals surface area contributed by atoms with E-state index in [-0.39, 0.29) is 0 Å². The highest BCUT2D eigenvalue weighted by atomic mass is 32.1. The molecule has 0 fully saturated rings. The summed E-state index contributed by atoms with van der Waals surface area (Å²) in [5, 5.41) is 7.66. The van der Waals surface area contributed by atoms with Crippen LogP contribution in [0.25, 0.3) is 42.4 Å². The molecule has 0 amide bonds. The molecule has 0 spiro atoms. The summed E-state index contributed by atoms with van der Waals surface area (Å²) in [5.41, 5.74) is 11.6. The van der Waals surface area contributed by atoms with Gasteiger partial charge < -0.3 is 0 Å². The van der Waals surface area contributed by atoms with E-state index in [1.165, 1.54) is 64.7 Å². The largest absolute Gasteiger partial charge is 0.143 e. The maximum Gasteiger partial charge on any atom is 0.0430 e. The van der Waals surface area contributed by atoms with Crippen LogP contribution in [0.4, 0.5) is 0 Å². The Hall–Kier alpha value is -3.20. The topological polar surface area (TPSA) is 0 Å². The summed E-state index contributed by atoms with van der Waals surface area (Å²) in [6, 6.07) is 31.2. The van der Waals surface area contributed by atoms with Crippen molar-refractivity contribution < 1.29 is 0 Å². The second-order valence-electron chi connectivity index (χ2n) is 9.22. The predicted octanol–water partition coefficient (Wildman–Crippen LogP) is 9.33. The lowest BCUT2D eigenvalue weighted by Crippen LogP contribution is -1.99. The third-order valence-electron chi connectivity index (χ3n) is 7.24. The van der Waals surface area contributed by atoms with Crippen LogP contribution in [-0.4, -0.2) is 0 Å². The van der Waals surface area contributed by atoms with Crippen molar-refractivity contribution in [3.63, 3.8) is 0 Å². The Morgan fingerprint density at radius 1 is 0.441 bits per heavy atom. The summed E-state index contributed by atoms with van der Waals surface area (Å²) in [6.45, 7) is 0. The van der Waals surface area contributed by atoms with Crippen LogP contribution in [0, 0.1) is 0 Å². The minimum atomic E-state index is 1.10. The molecule has 1 aliphatic rings. The minimum Gasteiger partial charge on any atom is -0.143 e. The Morgan fingerprint density at radius 3 is 1.32 bits per heavy atom. The summed E-state index contributed by atoms with van der Waals surface area (Å²) < 4.78 is 2.93. The van der Waals surface area contributed by atoms with Crippen LogP contribution in [-0.2, 0) is 25.7 Å². The molecule has 0 saturated heterocycles. The summed E-state index contributed by atoms with van der Waals surface area (Å²) in [4.78, 5) is 0. The smallest absolute Gasteiger partial charge is 0.0430 e. The van der Waals surface area contributed by atoms with Gasteiger partial charge in [-0.15, -0.1) is 22.7 Å². The minimum absolute atomic E-state index is 1.10. The number of hydrogen-bond acceptors (Lipinski definition) is 2. The lowest BCUT2D eigenvalue weighted by Gasteiger charge is -2.25. The average Bonchev–Trinajstić information content (AvgIpc) is 3.47. The molecular formula is C32H24S2. The third kappa shape index (κ3) is 3.25. The first kappa shape index (κ1) is 20.2. The van der Waals surface area contributed by atoms with Crippen molar-refractivity contribution in [2.24, 2.45) is 0 Å². The molecule has 4 aromatic carbocycles. The fraction of sp³-hybridized carbons (Fsp3) is 0.125. The number of thiophene rings is 2. The van der Waals surface area contributed by atoms with Crippen LogP contribution >= 0.6 is 22.7 Å². The Morgan fingerprint density at radius 2 is 0.882 bits per heavy atom. The number of hydrogen-bond donors (Lipinski definition) is 0. The molecular weight excluding hydrogens is 448 g/mol. The number of aryl methyl sites for hydroxylation is 4. The van der Waals surface area contributed by atoms with E-state index < -0.39 is 0 Å². The van der Waals surface area contributed by atoms with Gasteiger partial charge in [-0.05, 0) is 80.6 Å². The molecule has 2 aromatic heterocycles. The van der Waals surface area contributed by atoms with Gasteiger partial charge in [0.05, 0.1) is 0 Å². The summed E-state index contributed by atoms with van der Waals surface area (Å²) >= 11 is 3.85. The second kappa shape index (κ2) is 8.23. The quantitative estimate of drug-likeness (QED) is 0.226. The fourth-order valence-corrected chi connectivity index (χ4v) is 7.76. The molecule has 0 saturated carbocycles. The van der Waals surface area contributed by atoms with E-state index in [9.17, 15) is 0 Å². The molecule has 0 atom stereocenters. The van der Waals surface area contributed by atoms with Gasteiger partial charge >= 0.3 is 0 Å². The lowest BCUT2D eigenvalue weighted by atomic mass is 9.79. The van der Waals surface area contributed by atoms with Crippen molar-refractivity contribution in [3.8, 4) is 22.3 Å². The van der Waals surface area contributed by atoms with Gasteiger partial charge in [0.25, 0.3) is 0 Å². The maximum absolute atomic E-state index is 2.39. The van der Waals surface area contributed by atoms with Gasteiger partial charge in [0, 0.05) is 20.5 Å². The summed E-state index contributed by atoms with van der Waals surface area (Å²) in [7, 11) is 0. The molecule has 0 N–H and O–H groups in total. The highest BCUT2D eigenvalue weighted by Crippen LogP contribution is 2.56. The average molecular weight is 473 g/mol. The van der Waals surface area contributed by atoms with Gasteiger partial charge in [0.2, 0.25) is 0 Å². The fourth-order valence-electron chi connectivity index (χ4n) is 5.43. The molecule has 0 aliphatic heterocycles. The first-order valence-electron chi connectivity index (χ1n) is 12.0. The van der Waals surface area contributed by atoms with Crippen LogP contribution in [0.15, 0.2) is 95.7 Å². The van der Waals surface area contributed by atoms with Gasteiger partial charge in [-0.3, -0.25) is 0 Å². The lowest BCUT2D eigenvalue weighted by molar-refractivity contribution is 0.973. The molecule has 7 rings (SSSR count). The van der Waals surface area contributed by atoms with E-state index in [2.05, 4.69) is 95.7 Å². The molecule has 2 heteroatoms. The zero-order valence-electron chi connectivity index (χ0n) is 18.9. The second-order valence-corrected chi connectivity index (χ2v) is 11.0. The Balaban J connectivity index is 1.20. The van der Waals surface area contributed by atoms with Gasteiger partial charge in [0.15, 0.2) is 0 Å². The van der Waals surface area contributed by atoms with E-state index in [4.69, 9.17) is 0 Å². The third-order valence-corrected chi connectivity index (χ3v) is 9.36. The van der Waals surface area contributed by atoms with Crippen molar-refractivity contribution in [1.29, 1.82) is 0 Å². The first-order chi connectivity index (χ1) is 16.9. The molecule has 1 aliphatic carbocycles. The highest BCUT2D eigenvalue weighted by molar-refractivity contribution is 7.19. The Bertz CT molecular complexity index is 1500. The molecule has 164 valence electrons. The maximum atomic E-state index is 2.39. The van der Waals surface area contributed by atoms with E-state index >= 15 is 0 Å². The zero-order valence-corrected chi connectivity index (χ0v) is 20.5. The van der Waals surface area contributed by atoms with Crippen LogP contribution < -0.4 is 0 Å². The van der Waals surface area contributed by atoms with Crippen LogP contribution in [0.5, 0.6) is 0 Å². The van der Waals surface area contributed by atoms with Crippen LogP contribution in [0.1, 0.15) is 22.3 Å². The summed E-state index contributed by atoms with van der Waals surface area (Å²) in [6.07, 6.45) is 4.40. The normalized spacial score (nSPS) is 12.0. The van der Waals surface area contributed by atoms with Gasteiger partial charge in [-0.25, -0.2) is 0 Å². The van der Waals surface area contributed by atoms with E-state index in [1.807, 2.05) is 22.7 Å². The van der Waals surface area contributed by atoms with Crippen LogP contribution in [0.3, 0.4) is 0 Å². The predicted molar refractivity (Wildman–Crippen MR) is 149 cm³/mol. The molecule has 0 bridgehead atoms. The molecule has 2 heterocycles. The van der Waals surface area contributed by atoms with E-state index in [0.717, 1.165) is 25.7 Å². The Kier molecular flexibility index (Phi) is 4.89. The van der Waals surface area contributed by atoms with Gasteiger partial charge in [-0.2, -0.15) is 0 Å². The van der Waals surface area contributed by atoms with Crippen molar-refractivity contribution in [3.05, 3.63) is 118 Å². The first-order valence-corrected chi connectivity index (χ1v) is 13.8. The van der Waals surface area contributed by atoms with Gasteiger partial charge in [0.1, 0.15) is 0 Å². The van der Waals surface area contributed by atoms with E-state index in [0.29, 0.717) is 0 Å². The molecule has 6 aromatic rings. The zero-order chi connectivity index (χ0) is 22.5. The SMILES string of the molecule is c1ccc(CCc2csc3c4c(ccc23)-c2c-4ccc3c(CCc4ccccc4)csc23)cc1. The number of fused-ring (bicyclic) bond motifs is 8. The number of benzene rings is 4. The Labute approximate surface area is 208 Å². The van der Waals surface area contributed by atoms with Gasteiger partial charge in [-0.1, -0.05) is 84.9 Å². The highest BCUT2D eigenvalue weighted by Gasteiger charge is 2.29. The monoisotopic (exact) mass is 472 g/mol. The van der Waals surface area contributed by atoms with Crippen molar-refractivity contribution in [2.75, 3.05) is 0 Å². The summed E-state index contributed by atoms with van der Waals surface area (Å²) in [5.74, 6) is 0. The molecule has 34 heavy (non-hydrogen) atoms. The molecule has 0 unspecified atom stereocenters. The van der Waals surface area contributed by atoms with Crippen molar-refractivity contribution in [2.45, 2.75) is 25.7 Å². The van der Waals surface area contributed by atoms with Crippen molar-refractivity contribution in [1.82, 2.24) is 0 Å². The number of rotatable bonds is 6.